The molecule has 3 rings (SSSR count). The maximum Gasteiger partial charge on any atom is 0.254 e. The summed E-state index contributed by atoms with van der Waals surface area (Å²) in [7, 11) is 0. The Balaban J connectivity index is 1.82. The van der Waals surface area contributed by atoms with Crippen LogP contribution in [0.15, 0.2) is 73.1 Å². The third kappa shape index (κ3) is 5.75. The predicted molar refractivity (Wildman–Crippen MR) is 114 cm³/mol. The van der Waals surface area contributed by atoms with Crippen LogP contribution in [0.1, 0.15) is 40.9 Å². The molecule has 0 aliphatic carbocycles. The molecule has 0 radical (unpaired) electrons. The zero-order valence-electron chi connectivity index (χ0n) is 16.8. The van der Waals surface area contributed by atoms with Gasteiger partial charge >= 0.3 is 0 Å². The van der Waals surface area contributed by atoms with Crippen LogP contribution in [0, 0.1) is 0 Å². The summed E-state index contributed by atoms with van der Waals surface area (Å²) in [5, 5.41) is 2.72. The van der Waals surface area contributed by atoms with Crippen molar-refractivity contribution < 1.29 is 9.59 Å². The Hall–Kier alpha value is -3.47. The van der Waals surface area contributed by atoms with Crippen molar-refractivity contribution >= 4 is 17.5 Å². The second-order valence-electron chi connectivity index (χ2n) is 6.95. The zero-order valence-corrected chi connectivity index (χ0v) is 16.8. The van der Waals surface area contributed by atoms with Crippen molar-refractivity contribution in [3.63, 3.8) is 0 Å². The molecule has 1 heterocycles. The van der Waals surface area contributed by atoms with E-state index in [2.05, 4.69) is 41.5 Å². The number of nitrogens with zero attached hydrogens (tertiary/aromatic N) is 2. The van der Waals surface area contributed by atoms with Gasteiger partial charge in [-0.3, -0.25) is 14.6 Å². The molecule has 2 aromatic carbocycles. The van der Waals surface area contributed by atoms with Gasteiger partial charge in [-0.1, -0.05) is 37.3 Å². The van der Waals surface area contributed by atoms with E-state index in [0.717, 1.165) is 17.5 Å². The number of pyridine rings is 1. The SMILES string of the molecule is CCc1ccc(CN(Cc2cccnc2)C(=O)c2ccc(NC(C)=O)cc2)cc1. The lowest BCUT2D eigenvalue weighted by atomic mass is 10.1. The molecular formula is C24H25N3O2. The number of aryl methyl sites for hydroxylation is 1. The van der Waals surface area contributed by atoms with Gasteiger partial charge in [-0.15, -0.1) is 0 Å². The molecule has 5 nitrogen and oxygen atoms in total. The van der Waals surface area contributed by atoms with Gasteiger partial charge in [-0.25, -0.2) is 0 Å². The van der Waals surface area contributed by atoms with Gasteiger partial charge in [0.1, 0.15) is 0 Å². The molecule has 0 saturated heterocycles. The molecule has 29 heavy (non-hydrogen) atoms. The van der Waals surface area contributed by atoms with Crippen molar-refractivity contribution in [1.29, 1.82) is 0 Å². The molecule has 0 atom stereocenters. The number of carbonyl (C=O) groups is 2. The lowest BCUT2D eigenvalue weighted by molar-refractivity contribution is -0.114. The Morgan fingerprint density at radius 2 is 1.55 bits per heavy atom. The van der Waals surface area contributed by atoms with Crippen LogP contribution in [0.4, 0.5) is 5.69 Å². The lowest BCUT2D eigenvalue weighted by Crippen LogP contribution is -2.30. The van der Waals surface area contributed by atoms with Crippen LogP contribution in [0.3, 0.4) is 0 Å². The van der Waals surface area contributed by atoms with E-state index in [-0.39, 0.29) is 11.8 Å². The van der Waals surface area contributed by atoms with Gasteiger partial charge in [-0.05, 0) is 53.4 Å². The Morgan fingerprint density at radius 3 is 2.14 bits per heavy atom. The Morgan fingerprint density at radius 1 is 0.897 bits per heavy atom. The highest BCUT2D eigenvalue weighted by atomic mass is 16.2. The minimum absolute atomic E-state index is 0.0669. The minimum atomic E-state index is -0.141. The number of hydrogen-bond acceptors (Lipinski definition) is 3. The normalized spacial score (nSPS) is 10.4. The van der Waals surface area contributed by atoms with Crippen LogP contribution < -0.4 is 5.32 Å². The summed E-state index contributed by atoms with van der Waals surface area (Å²) in [4.78, 5) is 30.4. The maximum absolute atomic E-state index is 13.2. The number of benzene rings is 2. The fourth-order valence-electron chi connectivity index (χ4n) is 3.09. The molecule has 0 bridgehead atoms. The quantitative estimate of drug-likeness (QED) is 0.652. The Bertz CT molecular complexity index is 952. The number of anilines is 1. The van der Waals surface area contributed by atoms with E-state index >= 15 is 0 Å². The molecule has 0 unspecified atom stereocenters. The van der Waals surface area contributed by atoms with Crippen LogP contribution >= 0.6 is 0 Å². The van der Waals surface area contributed by atoms with E-state index in [4.69, 9.17) is 0 Å². The molecule has 0 saturated carbocycles. The summed E-state index contributed by atoms with van der Waals surface area (Å²) in [5.41, 5.74) is 4.57. The molecule has 0 aliphatic rings. The average Bonchev–Trinajstić information content (AvgIpc) is 2.74. The maximum atomic E-state index is 13.2. The standard InChI is InChI=1S/C24H25N3O2/c1-3-19-6-8-20(9-7-19)16-27(17-21-5-4-14-25-15-21)24(29)22-10-12-23(13-11-22)26-18(2)28/h4-15H,3,16-17H2,1-2H3,(H,26,28). The number of carbonyl (C=O) groups excluding carboxylic acids is 2. The first-order valence-electron chi connectivity index (χ1n) is 9.69. The van der Waals surface area contributed by atoms with E-state index in [1.165, 1.54) is 12.5 Å². The molecule has 1 aromatic heterocycles. The number of hydrogen-bond donors (Lipinski definition) is 1. The van der Waals surface area contributed by atoms with Gasteiger partial charge in [0.05, 0.1) is 0 Å². The zero-order chi connectivity index (χ0) is 20.6. The molecule has 0 spiro atoms. The molecule has 0 fully saturated rings. The largest absolute Gasteiger partial charge is 0.330 e. The number of amides is 2. The molecule has 2 amide bonds. The summed E-state index contributed by atoms with van der Waals surface area (Å²) in [6.07, 6.45) is 4.49. The molecule has 5 heteroatoms. The Labute approximate surface area is 171 Å². The first-order valence-corrected chi connectivity index (χ1v) is 9.69. The highest BCUT2D eigenvalue weighted by Crippen LogP contribution is 2.17. The van der Waals surface area contributed by atoms with E-state index < -0.39 is 0 Å². The van der Waals surface area contributed by atoms with Crippen molar-refractivity contribution in [2.45, 2.75) is 33.4 Å². The molecule has 1 N–H and O–H groups in total. The topological polar surface area (TPSA) is 62.3 Å². The van der Waals surface area contributed by atoms with Crippen molar-refractivity contribution in [3.05, 3.63) is 95.3 Å². The second-order valence-corrected chi connectivity index (χ2v) is 6.95. The summed E-state index contributed by atoms with van der Waals surface area (Å²) in [6, 6.07) is 19.1. The summed E-state index contributed by atoms with van der Waals surface area (Å²) < 4.78 is 0. The second kappa shape index (κ2) is 9.64. The fraction of sp³-hybridized carbons (Fsp3) is 0.208. The minimum Gasteiger partial charge on any atom is -0.330 e. The fourth-order valence-corrected chi connectivity index (χ4v) is 3.09. The van der Waals surface area contributed by atoms with Gasteiger partial charge in [0, 0.05) is 43.7 Å². The number of rotatable bonds is 7. The molecule has 0 aliphatic heterocycles. The van der Waals surface area contributed by atoms with Crippen molar-refractivity contribution in [2.24, 2.45) is 0 Å². The van der Waals surface area contributed by atoms with Crippen molar-refractivity contribution in [3.8, 4) is 0 Å². The van der Waals surface area contributed by atoms with Gasteiger partial charge in [0.25, 0.3) is 5.91 Å². The summed E-state index contributed by atoms with van der Waals surface area (Å²) in [5.74, 6) is -0.208. The van der Waals surface area contributed by atoms with Gasteiger partial charge in [0.15, 0.2) is 0 Å². The number of aromatic nitrogens is 1. The highest BCUT2D eigenvalue weighted by molar-refractivity contribution is 5.95. The molecule has 3 aromatic rings. The molecular weight excluding hydrogens is 362 g/mol. The predicted octanol–water partition coefficient (Wildman–Crippen LogP) is 4.45. The third-order valence-electron chi connectivity index (χ3n) is 4.64. The van der Waals surface area contributed by atoms with E-state index in [0.29, 0.717) is 24.3 Å². The first-order chi connectivity index (χ1) is 14.0. The van der Waals surface area contributed by atoms with Gasteiger partial charge < -0.3 is 10.2 Å². The average molecular weight is 387 g/mol. The van der Waals surface area contributed by atoms with Crippen LogP contribution in [-0.2, 0) is 24.3 Å². The van der Waals surface area contributed by atoms with Crippen LogP contribution in [0.25, 0.3) is 0 Å². The van der Waals surface area contributed by atoms with Crippen molar-refractivity contribution in [1.82, 2.24) is 9.88 Å². The highest BCUT2D eigenvalue weighted by Gasteiger charge is 2.17. The van der Waals surface area contributed by atoms with E-state index in [9.17, 15) is 9.59 Å². The summed E-state index contributed by atoms with van der Waals surface area (Å²) >= 11 is 0. The first kappa shape index (κ1) is 20.3. The van der Waals surface area contributed by atoms with E-state index in [1.807, 2.05) is 17.0 Å². The van der Waals surface area contributed by atoms with Gasteiger partial charge in [-0.2, -0.15) is 0 Å². The van der Waals surface area contributed by atoms with Crippen molar-refractivity contribution in [2.75, 3.05) is 5.32 Å². The Kier molecular flexibility index (Phi) is 6.74. The third-order valence-corrected chi connectivity index (χ3v) is 4.64. The smallest absolute Gasteiger partial charge is 0.254 e. The molecule has 148 valence electrons. The monoisotopic (exact) mass is 387 g/mol. The number of nitrogens with one attached hydrogen (secondary N) is 1. The van der Waals surface area contributed by atoms with Gasteiger partial charge in [0.2, 0.25) is 5.91 Å². The van der Waals surface area contributed by atoms with E-state index in [1.54, 1.807) is 36.7 Å². The van der Waals surface area contributed by atoms with Crippen LogP contribution in [0.2, 0.25) is 0 Å². The van der Waals surface area contributed by atoms with Crippen LogP contribution in [-0.4, -0.2) is 21.7 Å². The lowest BCUT2D eigenvalue weighted by Gasteiger charge is -2.23. The summed E-state index contributed by atoms with van der Waals surface area (Å²) in [6.45, 7) is 4.55. The van der Waals surface area contributed by atoms with Crippen LogP contribution in [0.5, 0.6) is 0 Å².